The standard InChI is InChI=1S/C24H30Cl3N3O4S/c1-5-16(3)28-24(32)22(6-2)29(14-17-9-7-8-10-19(17)25)23(31)15-30(35(4,33)34)18-11-12-20(26)21(27)13-18/h7-13,16,22H,5-6,14-15H2,1-4H3,(H,28,32)/t16-,22+/m0/s1. The monoisotopic (exact) mass is 561 g/mol. The number of sulfonamides is 1. The van der Waals surface area contributed by atoms with Gasteiger partial charge in [0.15, 0.2) is 0 Å². The molecule has 0 fully saturated rings. The lowest BCUT2D eigenvalue weighted by molar-refractivity contribution is -0.140. The quantitative estimate of drug-likeness (QED) is 0.411. The van der Waals surface area contributed by atoms with Crippen molar-refractivity contribution in [3.63, 3.8) is 0 Å². The summed E-state index contributed by atoms with van der Waals surface area (Å²) in [4.78, 5) is 28.1. The van der Waals surface area contributed by atoms with Crippen molar-refractivity contribution in [2.24, 2.45) is 0 Å². The molecule has 2 aromatic carbocycles. The van der Waals surface area contributed by atoms with Crippen molar-refractivity contribution in [2.75, 3.05) is 17.1 Å². The van der Waals surface area contributed by atoms with Crippen molar-refractivity contribution >= 4 is 62.3 Å². The summed E-state index contributed by atoms with van der Waals surface area (Å²) in [6.07, 6.45) is 2.04. The van der Waals surface area contributed by atoms with Gasteiger partial charge >= 0.3 is 0 Å². The molecule has 0 bridgehead atoms. The number of rotatable bonds is 11. The molecule has 1 N–H and O–H groups in total. The van der Waals surface area contributed by atoms with Crippen LogP contribution in [0, 0.1) is 0 Å². The third-order valence-electron chi connectivity index (χ3n) is 5.56. The highest BCUT2D eigenvalue weighted by Crippen LogP contribution is 2.29. The van der Waals surface area contributed by atoms with Gasteiger partial charge in [-0.05, 0) is 49.6 Å². The van der Waals surface area contributed by atoms with Gasteiger partial charge in [-0.2, -0.15) is 0 Å². The number of hydrogen-bond acceptors (Lipinski definition) is 4. The van der Waals surface area contributed by atoms with E-state index in [0.717, 1.165) is 17.0 Å². The second kappa shape index (κ2) is 12.8. The summed E-state index contributed by atoms with van der Waals surface area (Å²) in [7, 11) is -3.88. The molecule has 2 atom stereocenters. The molecule has 0 aliphatic rings. The molecular formula is C24H30Cl3N3O4S. The van der Waals surface area contributed by atoms with E-state index in [0.29, 0.717) is 17.0 Å². The summed E-state index contributed by atoms with van der Waals surface area (Å²) in [5.41, 5.74) is 0.822. The van der Waals surface area contributed by atoms with Crippen LogP contribution in [-0.2, 0) is 26.2 Å². The van der Waals surface area contributed by atoms with Crippen LogP contribution < -0.4 is 9.62 Å². The van der Waals surface area contributed by atoms with E-state index in [-0.39, 0.29) is 34.2 Å². The van der Waals surface area contributed by atoms with Gasteiger partial charge in [0, 0.05) is 17.6 Å². The van der Waals surface area contributed by atoms with Gasteiger partial charge in [-0.1, -0.05) is 66.8 Å². The van der Waals surface area contributed by atoms with Gasteiger partial charge in [-0.25, -0.2) is 8.42 Å². The Labute approximate surface area is 222 Å². The van der Waals surface area contributed by atoms with E-state index >= 15 is 0 Å². The average molecular weight is 563 g/mol. The van der Waals surface area contributed by atoms with Gasteiger partial charge in [0.05, 0.1) is 22.0 Å². The molecule has 0 saturated heterocycles. The minimum Gasteiger partial charge on any atom is -0.352 e. The van der Waals surface area contributed by atoms with Gasteiger partial charge in [0.1, 0.15) is 12.6 Å². The fourth-order valence-electron chi connectivity index (χ4n) is 3.42. The predicted octanol–water partition coefficient (Wildman–Crippen LogP) is 5.13. The number of anilines is 1. The number of carbonyl (C=O) groups is 2. The highest BCUT2D eigenvalue weighted by molar-refractivity contribution is 7.92. The topological polar surface area (TPSA) is 86.8 Å². The van der Waals surface area contributed by atoms with Crippen LogP contribution in [-0.4, -0.2) is 50.0 Å². The second-order valence-corrected chi connectivity index (χ2v) is 11.4. The fourth-order valence-corrected chi connectivity index (χ4v) is 4.75. The zero-order valence-electron chi connectivity index (χ0n) is 20.1. The first-order chi connectivity index (χ1) is 16.4. The first-order valence-corrected chi connectivity index (χ1v) is 14.1. The molecule has 0 heterocycles. The van der Waals surface area contributed by atoms with Gasteiger partial charge in [-0.15, -0.1) is 0 Å². The zero-order valence-corrected chi connectivity index (χ0v) is 23.2. The fraction of sp³-hybridized carbons (Fsp3) is 0.417. The summed E-state index contributed by atoms with van der Waals surface area (Å²) in [6, 6.07) is 10.4. The number of nitrogens with one attached hydrogen (secondary N) is 1. The molecule has 192 valence electrons. The molecule has 2 aromatic rings. The van der Waals surface area contributed by atoms with Crippen LogP contribution >= 0.6 is 34.8 Å². The molecule has 7 nitrogen and oxygen atoms in total. The molecule has 0 unspecified atom stereocenters. The Morgan fingerprint density at radius 3 is 2.17 bits per heavy atom. The minimum absolute atomic E-state index is 0.0317. The summed E-state index contributed by atoms with van der Waals surface area (Å²) < 4.78 is 26.2. The van der Waals surface area contributed by atoms with Crippen LogP contribution in [0.3, 0.4) is 0 Å². The molecular weight excluding hydrogens is 533 g/mol. The molecule has 11 heteroatoms. The Morgan fingerprint density at radius 2 is 1.63 bits per heavy atom. The number of hydrogen-bond donors (Lipinski definition) is 1. The molecule has 2 amide bonds. The Bertz CT molecular complexity index is 1160. The van der Waals surface area contributed by atoms with E-state index in [4.69, 9.17) is 34.8 Å². The van der Waals surface area contributed by atoms with E-state index in [9.17, 15) is 18.0 Å². The van der Waals surface area contributed by atoms with Crippen molar-refractivity contribution in [3.8, 4) is 0 Å². The van der Waals surface area contributed by atoms with Gasteiger partial charge < -0.3 is 10.2 Å². The van der Waals surface area contributed by atoms with E-state index in [1.54, 1.807) is 31.2 Å². The van der Waals surface area contributed by atoms with Crippen LogP contribution in [0.5, 0.6) is 0 Å². The van der Waals surface area contributed by atoms with E-state index in [1.165, 1.54) is 23.1 Å². The first-order valence-electron chi connectivity index (χ1n) is 11.1. The molecule has 0 radical (unpaired) electrons. The minimum atomic E-state index is -3.88. The lowest BCUT2D eigenvalue weighted by Gasteiger charge is -2.33. The smallest absolute Gasteiger partial charge is 0.244 e. The second-order valence-electron chi connectivity index (χ2n) is 8.22. The van der Waals surface area contributed by atoms with E-state index < -0.39 is 28.5 Å². The Balaban J connectivity index is 2.47. The molecule has 0 aromatic heterocycles. The van der Waals surface area contributed by atoms with E-state index in [2.05, 4.69) is 5.32 Å². The molecule has 0 saturated carbocycles. The summed E-state index contributed by atoms with van der Waals surface area (Å²) in [6.45, 7) is 5.11. The van der Waals surface area contributed by atoms with Crippen molar-refractivity contribution < 1.29 is 18.0 Å². The highest BCUT2D eigenvalue weighted by atomic mass is 35.5. The van der Waals surface area contributed by atoms with Crippen molar-refractivity contribution in [3.05, 3.63) is 63.1 Å². The van der Waals surface area contributed by atoms with Gasteiger partial charge in [0.2, 0.25) is 21.8 Å². The third-order valence-corrected chi connectivity index (χ3v) is 7.80. The van der Waals surface area contributed by atoms with Crippen molar-refractivity contribution in [1.82, 2.24) is 10.2 Å². The largest absolute Gasteiger partial charge is 0.352 e. The van der Waals surface area contributed by atoms with Crippen molar-refractivity contribution in [1.29, 1.82) is 0 Å². The van der Waals surface area contributed by atoms with Crippen LogP contribution in [0.2, 0.25) is 15.1 Å². The summed E-state index contributed by atoms with van der Waals surface area (Å²) >= 11 is 18.4. The summed E-state index contributed by atoms with van der Waals surface area (Å²) in [5.74, 6) is -0.879. The lowest BCUT2D eigenvalue weighted by Crippen LogP contribution is -2.53. The maximum absolute atomic E-state index is 13.6. The summed E-state index contributed by atoms with van der Waals surface area (Å²) in [5, 5.41) is 3.76. The number of halogens is 3. The number of amides is 2. The van der Waals surface area contributed by atoms with Gasteiger partial charge in [-0.3, -0.25) is 13.9 Å². The Morgan fingerprint density at radius 1 is 0.971 bits per heavy atom. The Hall–Kier alpha value is -2.00. The molecule has 0 aliphatic heterocycles. The van der Waals surface area contributed by atoms with Crippen LogP contribution in [0.15, 0.2) is 42.5 Å². The average Bonchev–Trinajstić information content (AvgIpc) is 2.79. The number of nitrogens with zero attached hydrogens (tertiary/aromatic N) is 2. The predicted molar refractivity (Wildman–Crippen MR) is 143 cm³/mol. The van der Waals surface area contributed by atoms with Crippen LogP contribution in [0.1, 0.15) is 39.2 Å². The zero-order chi connectivity index (χ0) is 26.3. The molecule has 0 aliphatic carbocycles. The van der Waals surface area contributed by atoms with E-state index in [1.807, 2.05) is 13.8 Å². The lowest BCUT2D eigenvalue weighted by atomic mass is 10.1. The van der Waals surface area contributed by atoms with Crippen molar-refractivity contribution in [2.45, 2.75) is 52.2 Å². The molecule has 2 rings (SSSR count). The molecule has 35 heavy (non-hydrogen) atoms. The maximum Gasteiger partial charge on any atom is 0.244 e. The SMILES string of the molecule is CC[C@H](C(=O)N[C@@H](C)CC)N(Cc1ccccc1Cl)C(=O)CN(c1ccc(Cl)c(Cl)c1)S(C)(=O)=O. The maximum atomic E-state index is 13.6. The first kappa shape index (κ1) is 29.2. The third kappa shape index (κ3) is 8.00. The van der Waals surface area contributed by atoms with Crippen LogP contribution in [0.25, 0.3) is 0 Å². The highest BCUT2D eigenvalue weighted by Gasteiger charge is 2.32. The molecule has 0 spiro atoms. The van der Waals surface area contributed by atoms with Gasteiger partial charge in [0.25, 0.3) is 0 Å². The van der Waals surface area contributed by atoms with Crippen LogP contribution in [0.4, 0.5) is 5.69 Å². The normalized spacial score (nSPS) is 13.1. The number of benzene rings is 2. The Kier molecular flexibility index (Phi) is 10.7. The number of carbonyl (C=O) groups excluding carboxylic acids is 2.